The van der Waals surface area contributed by atoms with Crippen LogP contribution in [-0.4, -0.2) is 7.11 Å². The number of hydrogen-bond donors (Lipinski definition) is 0. The topological polar surface area (TPSA) is 22.4 Å². The van der Waals surface area contributed by atoms with Crippen molar-refractivity contribution in [3.63, 3.8) is 0 Å². The van der Waals surface area contributed by atoms with Gasteiger partial charge in [-0.1, -0.05) is 24.3 Å². The van der Waals surface area contributed by atoms with Crippen LogP contribution < -0.4 is 0 Å². The highest BCUT2D eigenvalue weighted by molar-refractivity contribution is 5.29. The summed E-state index contributed by atoms with van der Waals surface area (Å²) in [6, 6.07) is 12.2. The molecule has 0 bridgehead atoms. The fourth-order valence-corrected chi connectivity index (χ4v) is 1.63. The van der Waals surface area contributed by atoms with Crippen molar-refractivity contribution in [3.05, 3.63) is 59.5 Å². The Labute approximate surface area is 89.5 Å². The monoisotopic (exact) mass is 202 g/mol. The molecule has 15 heavy (non-hydrogen) atoms. The zero-order valence-corrected chi connectivity index (χ0v) is 8.77. The summed E-state index contributed by atoms with van der Waals surface area (Å²) in [5.41, 5.74) is 2.48. The van der Waals surface area contributed by atoms with E-state index in [0.29, 0.717) is 6.61 Å². The van der Waals surface area contributed by atoms with Crippen molar-refractivity contribution in [2.45, 2.75) is 13.0 Å². The van der Waals surface area contributed by atoms with Crippen molar-refractivity contribution in [1.29, 1.82) is 0 Å². The summed E-state index contributed by atoms with van der Waals surface area (Å²) in [5.74, 6) is 0.985. The normalized spacial score (nSPS) is 10.5. The van der Waals surface area contributed by atoms with Gasteiger partial charge in [0.2, 0.25) is 0 Å². The fraction of sp³-hybridized carbons (Fsp3) is 0.231. The van der Waals surface area contributed by atoms with Gasteiger partial charge in [-0.05, 0) is 23.3 Å². The molecule has 1 aromatic heterocycles. The third-order valence-corrected chi connectivity index (χ3v) is 2.36. The molecular formula is C13H14O2. The number of furan rings is 1. The van der Waals surface area contributed by atoms with Crippen LogP contribution >= 0.6 is 0 Å². The van der Waals surface area contributed by atoms with Gasteiger partial charge in [0.15, 0.2) is 0 Å². The second-order valence-electron chi connectivity index (χ2n) is 3.46. The summed E-state index contributed by atoms with van der Waals surface area (Å²) in [6.07, 6.45) is 2.53. The molecule has 0 atom stereocenters. The maximum Gasteiger partial charge on any atom is 0.108 e. The number of methoxy groups -OCH3 is 1. The van der Waals surface area contributed by atoms with Gasteiger partial charge in [0.05, 0.1) is 12.9 Å². The first-order valence-electron chi connectivity index (χ1n) is 4.98. The molecule has 0 saturated heterocycles. The number of rotatable bonds is 4. The van der Waals surface area contributed by atoms with E-state index in [-0.39, 0.29) is 0 Å². The average Bonchev–Trinajstić information content (AvgIpc) is 2.74. The predicted molar refractivity (Wildman–Crippen MR) is 58.7 cm³/mol. The van der Waals surface area contributed by atoms with E-state index in [2.05, 4.69) is 12.1 Å². The molecule has 0 saturated carbocycles. The summed E-state index contributed by atoms with van der Waals surface area (Å²) in [5, 5.41) is 0. The molecule has 0 N–H and O–H groups in total. The molecule has 2 nitrogen and oxygen atoms in total. The number of ether oxygens (including phenoxy) is 1. The van der Waals surface area contributed by atoms with Gasteiger partial charge in [-0.2, -0.15) is 0 Å². The lowest BCUT2D eigenvalue weighted by molar-refractivity contribution is 0.184. The minimum Gasteiger partial charge on any atom is -0.469 e. The van der Waals surface area contributed by atoms with Crippen LogP contribution in [0.4, 0.5) is 0 Å². The number of benzene rings is 1. The molecule has 1 heterocycles. The van der Waals surface area contributed by atoms with Crippen LogP contribution in [0.15, 0.2) is 47.1 Å². The van der Waals surface area contributed by atoms with Crippen molar-refractivity contribution in [1.82, 2.24) is 0 Å². The highest BCUT2D eigenvalue weighted by Crippen LogP contribution is 2.15. The SMILES string of the molecule is COCc1ccccc1Cc1ccco1. The maximum atomic E-state index is 5.33. The Kier molecular flexibility index (Phi) is 3.20. The Morgan fingerprint density at radius 1 is 1.07 bits per heavy atom. The van der Waals surface area contributed by atoms with Crippen LogP contribution in [-0.2, 0) is 17.8 Å². The third-order valence-electron chi connectivity index (χ3n) is 2.36. The van der Waals surface area contributed by atoms with E-state index >= 15 is 0 Å². The van der Waals surface area contributed by atoms with Crippen molar-refractivity contribution in [2.75, 3.05) is 7.11 Å². The average molecular weight is 202 g/mol. The molecule has 2 aromatic rings. The van der Waals surface area contributed by atoms with E-state index in [9.17, 15) is 0 Å². The highest BCUT2D eigenvalue weighted by atomic mass is 16.5. The van der Waals surface area contributed by atoms with Gasteiger partial charge in [-0.25, -0.2) is 0 Å². The van der Waals surface area contributed by atoms with Crippen molar-refractivity contribution in [3.8, 4) is 0 Å². The molecule has 78 valence electrons. The van der Waals surface area contributed by atoms with Gasteiger partial charge in [-0.3, -0.25) is 0 Å². The van der Waals surface area contributed by atoms with Gasteiger partial charge in [0.1, 0.15) is 5.76 Å². The minimum absolute atomic E-state index is 0.650. The maximum absolute atomic E-state index is 5.33. The Morgan fingerprint density at radius 2 is 1.87 bits per heavy atom. The van der Waals surface area contributed by atoms with Crippen molar-refractivity contribution in [2.24, 2.45) is 0 Å². The van der Waals surface area contributed by atoms with E-state index in [0.717, 1.165) is 12.2 Å². The smallest absolute Gasteiger partial charge is 0.108 e. The molecular weight excluding hydrogens is 188 g/mol. The van der Waals surface area contributed by atoms with Crippen LogP contribution in [0.3, 0.4) is 0 Å². The molecule has 1 aromatic carbocycles. The molecule has 0 radical (unpaired) electrons. The second kappa shape index (κ2) is 4.80. The molecule has 0 amide bonds. The largest absolute Gasteiger partial charge is 0.469 e. The Hall–Kier alpha value is -1.54. The number of hydrogen-bond acceptors (Lipinski definition) is 2. The van der Waals surface area contributed by atoms with E-state index in [4.69, 9.17) is 9.15 Å². The highest BCUT2D eigenvalue weighted by Gasteiger charge is 2.03. The van der Waals surface area contributed by atoms with Crippen LogP contribution in [0.25, 0.3) is 0 Å². The third kappa shape index (κ3) is 2.48. The summed E-state index contributed by atoms with van der Waals surface area (Å²) in [7, 11) is 1.71. The lowest BCUT2D eigenvalue weighted by Gasteiger charge is -2.06. The first kappa shape index (κ1) is 9.99. The van der Waals surface area contributed by atoms with E-state index in [1.165, 1.54) is 11.1 Å². The van der Waals surface area contributed by atoms with Gasteiger partial charge in [0.25, 0.3) is 0 Å². The van der Waals surface area contributed by atoms with Crippen LogP contribution in [0, 0.1) is 0 Å². The Balaban J connectivity index is 2.20. The van der Waals surface area contributed by atoms with Crippen LogP contribution in [0.2, 0.25) is 0 Å². The molecule has 0 aliphatic carbocycles. The summed E-state index contributed by atoms with van der Waals surface area (Å²) in [6.45, 7) is 0.650. The second-order valence-corrected chi connectivity index (χ2v) is 3.46. The summed E-state index contributed by atoms with van der Waals surface area (Å²) in [4.78, 5) is 0. The minimum atomic E-state index is 0.650. The predicted octanol–water partition coefficient (Wildman–Crippen LogP) is 3.02. The van der Waals surface area contributed by atoms with Gasteiger partial charge in [0, 0.05) is 13.5 Å². The quantitative estimate of drug-likeness (QED) is 0.760. The van der Waals surface area contributed by atoms with Crippen molar-refractivity contribution >= 4 is 0 Å². The lowest BCUT2D eigenvalue weighted by atomic mass is 10.0. The van der Waals surface area contributed by atoms with E-state index in [1.54, 1.807) is 13.4 Å². The fourth-order valence-electron chi connectivity index (χ4n) is 1.63. The van der Waals surface area contributed by atoms with E-state index < -0.39 is 0 Å². The van der Waals surface area contributed by atoms with Crippen LogP contribution in [0.5, 0.6) is 0 Å². The molecule has 2 rings (SSSR count). The summed E-state index contributed by atoms with van der Waals surface area (Å²) < 4.78 is 10.5. The Bertz CT molecular complexity index is 404. The molecule has 0 unspecified atom stereocenters. The molecule has 2 heteroatoms. The van der Waals surface area contributed by atoms with Gasteiger partial charge >= 0.3 is 0 Å². The molecule has 0 aliphatic rings. The lowest BCUT2D eigenvalue weighted by Crippen LogP contribution is -1.96. The molecule has 0 fully saturated rings. The Morgan fingerprint density at radius 3 is 2.53 bits per heavy atom. The zero-order chi connectivity index (χ0) is 10.5. The van der Waals surface area contributed by atoms with E-state index in [1.807, 2.05) is 24.3 Å². The molecule has 0 aliphatic heterocycles. The zero-order valence-electron chi connectivity index (χ0n) is 8.77. The van der Waals surface area contributed by atoms with Gasteiger partial charge < -0.3 is 9.15 Å². The molecule has 0 spiro atoms. The van der Waals surface area contributed by atoms with Gasteiger partial charge in [-0.15, -0.1) is 0 Å². The first-order chi connectivity index (χ1) is 7.40. The van der Waals surface area contributed by atoms with Crippen molar-refractivity contribution < 1.29 is 9.15 Å². The summed E-state index contributed by atoms with van der Waals surface area (Å²) >= 11 is 0. The van der Waals surface area contributed by atoms with Crippen LogP contribution in [0.1, 0.15) is 16.9 Å². The standard InChI is InChI=1S/C13H14O2/c1-14-10-12-6-3-2-5-11(12)9-13-7-4-8-15-13/h2-8H,9-10H2,1H3. The first-order valence-corrected chi connectivity index (χ1v) is 4.98.